The summed E-state index contributed by atoms with van der Waals surface area (Å²) < 4.78 is 32.8. The Morgan fingerprint density at radius 3 is 2.50 bits per heavy atom. The number of hydrogen-bond donors (Lipinski definition) is 1. The summed E-state index contributed by atoms with van der Waals surface area (Å²) in [6.07, 6.45) is 1.30. The first kappa shape index (κ1) is 22.5. The number of thiophene rings is 1. The number of amides is 1. The molecule has 6 nitrogen and oxygen atoms in total. The zero-order valence-corrected chi connectivity index (χ0v) is 19.4. The molecule has 0 saturated carbocycles. The summed E-state index contributed by atoms with van der Waals surface area (Å²) in [5, 5.41) is 5.15. The number of ether oxygens (including phenoxy) is 1. The standard InChI is InChI=1S/C24H26N2O4S2/c1-30-20-11-13-21(14-12-20)32(28,29)26-15-5-9-19(17-26)24(27)25-23(22-10-6-16-31-22)18-7-3-2-4-8-18/h2-4,6-8,10-14,16,19,23H,5,9,15,17H2,1H3,(H,25,27). The van der Waals surface area contributed by atoms with E-state index in [9.17, 15) is 13.2 Å². The van der Waals surface area contributed by atoms with Crippen molar-refractivity contribution in [2.75, 3.05) is 20.2 Å². The minimum atomic E-state index is -3.68. The molecule has 0 spiro atoms. The zero-order chi connectivity index (χ0) is 22.6. The predicted molar refractivity (Wildman–Crippen MR) is 125 cm³/mol. The van der Waals surface area contributed by atoms with Crippen molar-refractivity contribution >= 4 is 27.3 Å². The van der Waals surface area contributed by atoms with E-state index in [1.807, 2.05) is 47.8 Å². The highest BCUT2D eigenvalue weighted by Gasteiger charge is 2.34. The van der Waals surface area contributed by atoms with Gasteiger partial charge >= 0.3 is 0 Å². The van der Waals surface area contributed by atoms with Gasteiger partial charge in [-0.15, -0.1) is 11.3 Å². The molecule has 1 N–H and O–H groups in total. The van der Waals surface area contributed by atoms with Crippen LogP contribution in [0.2, 0.25) is 0 Å². The minimum Gasteiger partial charge on any atom is -0.497 e. The number of benzene rings is 2. The molecule has 1 aromatic heterocycles. The Balaban J connectivity index is 1.50. The van der Waals surface area contributed by atoms with Gasteiger partial charge in [-0.2, -0.15) is 4.31 Å². The summed E-state index contributed by atoms with van der Waals surface area (Å²) in [5.74, 6) is 0.0743. The van der Waals surface area contributed by atoms with Gasteiger partial charge in [0.05, 0.1) is 24.0 Å². The first-order chi connectivity index (χ1) is 15.5. The Morgan fingerprint density at radius 1 is 1.09 bits per heavy atom. The molecule has 32 heavy (non-hydrogen) atoms. The highest BCUT2D eigenvalue weighted by molar-refractivity contribution is 7.89. The van der Waals surface area contributed by atoms with Gasteiger partial charge in [-0.3, -0.25) is 4.79 Å². The molecule has 2 atom stereocenters. The third-order valence-corrected chi connectivity index (χ3v) is 8.52. The molecule has 1 fully saturated rings. The molecule has 2 heterocycles. The molecular formula is C24H26N2O4S2. The maximum absolute atomic E-state index is 13.2. The van der Waals surface area contributed by atoms with Gasteiger partial charge in [0, 0.05) is 18.0 Å². The lowest BCUT2D eigenvalue weighted by atomic mass is 9.97. The number of methoxy groups -OCH3 is 1. The van der Waals surface area contributed by atoms with Crippen molar-refractivity contribution in [3.8, 4) is 5.75 Å². The van der Waals surface area contributed by atoms with Crippen LogP contribution in [0.5, 0.6) is 5.75 Å². The smallest absolute Gasteiger partial charge is 0.243 e. The number of piperidine rings is 1. The van der Waals surface area contributed by atoms with Gasteiger partial charge in [-0.1, -0.05) is 36.4 Å². The van der Waals surface area contributed by atoms with Crippen LogP contribution in [0.25, 0.3) is 0 Å². The third-order valence-electron chi connectivity index (χ3n) is 5.70. The van der Waals surface area contributed by atoms with Crippen molar-refractivity contribution in [1.82, 2.24) is 9.62 Å². The highest BCUT2D eigenvalue weighted by Crippen LogP contribution is 2.29. The summed E-state index contributed by atoms with van der Waals surface area (Å²) in [4.78, 5) is 14.5. The Kier molecular flexibility index (Phi) is 6.93. The van der Waals surface area contributed by atoms with E-state index >= 15 is 0 Å². The Labute approximate surface area is 192 Å². The molecule has 4 rings (SSSR count). The summed E-state index contributed by atoms with van der Waals surface area (Å²) in [7, 11) is -2.14. The van der Waals surface area contributed by atoms with Gasteiger partial charge in [-0.25, -0.2) is 8.42 Å². The van der Waals surface area contributed by atoms with Gasteiger partial charge in [-0.05, 0) is 54.1 Å². The number of hydrogen-bond acceptors (Lipinski definition) is 5. The molecule has 1 aliphatic rings. The molecule has 168 valence electrons. The largest absolute Gasteiger partial charge is 0.497 e. The van der Waals surface area contributed by atoms with Crippen LogP contribution in [0.1, 0.15) is 29.3 Å². The fourth-order valence-corrected chi connectivity index (χ4v) is 6.28. The second-order valence-corrected chi connectivity index (χ2v) is 10.7. The molecule has 1 saturated heterocycles. The summed E-state index contributed by atoms with van der Waals surface area (Å²) in [5.41, 5.74) is 1.00. The molecule has 0 radical (unpaired) electrons. The normalized spacial score (nSPS) is 18.1. The van der Waals surface area contributed by atoms with E-state index in [1.54, 1.807) is 35.6 Å². The molecule has 0 bridgehead atoms. The summed E-state index contributed by atoms with van der Waals surface area (Å²) in [6, 6.07) is 19.9. The Morgan fingerprint density at radius 2 is 1.84 bits per heavy atom. The zero-order valence-electron chi connectivity index (χ0n) is 17.8. The number of carbonyl (C=O) groups is 1. The fourth-order valence-electron chi connectivity index (χ4n) is 3.95. The van der Waals surface area contributed by atoms with Crippen LogP contribution in [0.3, 0.4) is 0 Å². The molecule has 8 heteroatoms. The molecule has 2 unspecified atom stereocenters. The number of sulfonamides is 1. The van der Waals surface area contributed by atoms with E-state index in [0.29, 0.717) is 25.1 Å². The molecular weight excluding hydrogens is 444 g/mol. The van der Waals surface area contributed by atoms with Crippen LogP contribution in [0.4, 0.5) is 0 Å². The summed E-state index contributed by atoms with van der Waals surface area (Å²) in [6.45, 7) is 0.581. The molecule has 3 aromatic rings. The fraction of sp³-hybridized carbons (Fsp3) is 0.292. The lowest BCUT2D eigenvalue weighted by Crippen LogP contribution is -2.46. The van der Waals surface area contributed by atoms with Crippen molar-refractivity contribution in [1.29, 1.82) is 0 Å². The van der Waals surface area contributed by atoms with Gasteiger partial charge in [0.15, 0.2) is 0 Å². The number of carbonyl (C=O) groups excluding carboxylic acids is 1. The van der Waals surface area contributed by atoms with E-state index in [2.05, 4.69) is 5.32 Å². The van der Waals surface area contributed by atoms with Gasteiger partial charge in [0.2, 0.25) is 15.9 Å². The van der Waals surface area contributed by atoms with Crippen LogP contribution < -0.4 is 10.1 Å². The monoisotopic (exact) mass is 470 g/mol. The van der Waals surface area contributed by atoms with E-state index in [0.717, 1.165) is 10.4 Å². The van der Waals surface area contributed by atoms with Crippen molar-refractivity contribution in [2.45, 2.75) is 23.8 Å². The van der Waals surface area contributed by atoms with Crippen LogP contribution >= 0.6 is 11.3 Å². The molecule has 1 amide bonds. The van der Waals surface area contributed by atoms with Crippen molar-refractivity contribution in [2.24, 2.45) is 5.92 Å². The van der Waals surface area contributed by atoms with Gasteiger partial charge < -0.3 is 10.1 Å². The quantitative estimate of drug-likeness (QED) is 0.565. The number of nitrogens with zero attached hydrogens (tertiary/aromatic N) is 1. The average molecular weight is 471 g/mol. The van der Waals surface area contributed by atoms with Crippen molar-refractivity contribution in [3.63, 3.8) is 0 Å². The maximum atomic E-state index is 13.2. The third kappa shape index (κ3) is 4.87. The van der Waals surface area contributed by atoms with Crippen LogP contribution in [0.15, 0.2) is 77.0 Å². The van der Waals surface area contributed by atoms with E-state index < -0.39 is 15.9 Å². The average Bonchev–Trinajstić information content (AvgIpc) is 3.37. The van der Waals surface area contributed by atoms with Crippen molar-refractivity contribution in [3.05, 3.63) is 82.6 Å². The minimum absolute atomic E-state index is 0.123. The van der Waals surface area contributed by atoms with Crippen molar-refractivity contribution < 1.29 is 17.9 Å². The van der Waals surface area contributed by atoms with Gasteiger partial charge in [0.1, 0.15) is 5.75 Å². The van der Waals surface area contributed by atoms with E-state index in [4.69, 9.17) is 4.74 Å². The second-order valence-electron chi connectivity index (χ2n) is 7.75. The summed E-state index contributed by atoms with van der Waals surface area (Å²) >= 11 is 1.59. The van der Waals surface area contributed by atoms with Crippen LogP contribution in [-0.2, 0) is 14.8 Å². The lowest BCUT2D eigenvalue weighted by Gasteiger charge is -2.32. The number of rotatable bonds is 7. The molecule has 1 aliphatic heterocycles. The van der Waals surface area contributed by atoms with Gasteiger partial charge in [0.25, 0.3) is 0 Å². The Bertz CT molecular complexity index is 1130. The maximum Gasteiger partial charge on any atom is 0.243 e. The first-order valence-corrected chi connectivity index (χ1v) is 12.8. The van der Waals surface area contributed by atoms with E-state index in [1.165, 1.54) is 11.4 Å². The predicted octanol–water partition coefficient (Wildman–Crippen LogP) is 4.06. The molecule has 0 aliphatic carbocycles. The van der Waals surface area contributed by atoms with Crippen LogP contribution in [-0.4, -0.2) is 38.8 Å². The topological polar surface area (TPSA) is 75.7 Å². The number of nitrogens with one attached hydrogen (secondary N) is 1. The SMILES string of the molecule is COc1ccc(S(=O)(=O)N2CCCC(C(=O)NC(c3ccccc3)c3cccs3)C2)cc1. The molecule has 2 aromatic carbocycles. The highest BCUT2D eigenvalue weighted by atomic mass is 32.2. The first-order valence-electron chi connectivity index (χ1n) is 10.5. The Hall–Kier alpha value is -2.68. The second kappa shape index (κ2) is 9.85. The lowest BCUT2D eigenvalue weighted by molar-refractivity contribution is -0.126. The van der Waals surface area contributed by atoms with Crippen LogP contribution in [0, 0.1) is 5.92 Å². The van der Waals surface area contributed by atoms with E-state index in [-0.39, 0.29) is 23.4 Å².